The van der Waals surface area contributed by atoms with Crippen molar-refractivity contribution in [2.75, 3.05) is 25.6 Å². The number of hydrogen-bond donors (Lipinski definition) is 3. The number of benzene rings is 1. The minimum Gasteiger partial charge on any atom is -0.491 e. The van der Waals surface area contributed by atoms with E-state index in [9.17, 15) is 9.90 Å². The van der Waals surface area contributed by atoms with Crippen molar-refractivity contribution in [1.29, 1.82) is 0 Å². The van der Waals surface area contributed by atoms with Crippen molar-refractivity contribution in [3.63, 3.8) is 0 Å². The average Bonchev–Trinajstić information content (AvgIpc) is 2.52. The van der Waals surface area contributed by atoms with E-state index in [1.807, 2.05) is 13.0 Å². The van der Waals surface area contributed by atoms with E-state index in [1.165, 1.54) is 0 Å². The fourth-order valence-corrected chi connectivity index (χ4v) is 1.93. The largest absolute Gasteiger partial charge is 0.491 e. The van der Waals surface area contributed by atoms with Gasteiger partial charge in [0.15, 0.2) is 0 Å². The number of esters is 1. The lowest BCUT2D eigenvalue weighted by atomic mass is 9.95. The summed E-state index contributed by atoms with van der Waals surface area (Å²) in [6, 6.07) is 7.12. The molecule has 0 aromatic heterocycles. The van der Waals surface area contributed by atoms with Gasteiger partial charge < -0.3 is 19.7 Å². The number of carbonyl (C=O) groups is 1. The van der Waals surface area contributed by atoms with E-state index in [0.29, 0.717) is 12.2 Å². The maximum Gasteiger partial charge on any atom is 0.315 e. The van der Waals surface area contributed by atoms with Gasteiger partial charge in [0.25, 0.3) is 0 Å². The van der Waals surface area contributed by atoms with Gasteiger partial charge in [-0.3, -0.25) is 4.79 Å². The van der Waals surface area contributed by atoms with Crippen LogP contribution in [0.15, 0.2) is 24.3 Å². The zero-order valence-corrected chi connectivity index (χ0v) is 13.0. The fraction of sp³-hybridized carbons (Fsp3) is 0.533. The molecule has 0 aliphatic rings. The highest BCUT2D eigenvalue weighted by atomic mass is 32.1. The van der Waals surface area contributed by atoms with Crippen LogP contribution in [-0.2, 0) is 9.53 Å². The Labute approximate surface area is 130 Å². The number of carbonyl (C=O) groups excluding carboxylic acids is 1. The van der Waals surface area contributed by atoms with E-state index >= 15 is 0 Å². The molecule has 118 valence electrons. The first-order chi connectivity index (χ1) is 10.1. The number of thiol groups is 1. The van der Waals surface area contributed by atoms with Crippen LogP contribution in [0.25, 0.3) is 0 Å². The van der Waals surface area contributed by atoms with E-state index in [1.54, 1.807) is 18.2 Å². The molecule has 21 heavy (non-hydrogen) atoms. The molecule has 1 aromatic rings. The molecular weight excluding hydrogens is 292 g/mol. The molecule has 5 nitrogen and oxygen atoms in total. The Morgan fingerprint density at radius 1 is 1.38 bits per heavy atom. The molecule has 2 N–H and O–H groups in total. The van der Waals surface area contributed by atoms with Gasteiger partial charge in [-0.15, -0.1) is 0 Å². The van der Waals surface area contributed by atoms with E-state index in [2.05, 4.69) is 12.6 Å². The normalized spacial score (nSPS) is 13.5. The van der Waals surface area contributed by atoms with Gasteiger partial charge >= 0.3 is 5.97 Å². The summed E-state index contributed by atoms with van der Waals surface area (Å²) in [5.41, 5.74) is 0.735. The Morgan fingerprint density at radius 3 is 2.81 bits per heavy atom. The molecule has 0 aliphatic carbocycles. The third-order valence-electron chi connectivity index (χ3n) is 3.06. The summed E-state index contributed by atoms with van der Waals surface area (Å²) in [4.78, 5) is 11.0. The van der Waals surface area contributed by atoms with Gasteiger partial charge in [-0.2, -0.15) is 12.6 Å². The summed E-state index contributed by atoms with van der Waals surface area (Å²) in [5.74, 6) is 0.237. The molecule has 0 radical (unpaired) electrons. The predicted molar refractivity (Wildman–Crippen MR) is 82.6 cm³/mol. The van der Waals surface area contributed by atoms with E-state index in [-0.39, 0.29) is 37.5 Å². The standard InChI is InChI=1S/C15H22O5S/c1-11(5-7-20-14(17)10-21)15(18)12-3-2-4-13(9-12)19-8-6-16/h2-4,9,11,15-16,18,21H,5-8,10H2,1H3/t11-,15+/m1/s1. The highest BCUT2D eigenvalue weighted by molar-refractivity contribution is 7.81. The number of aliphatic hydroxyl groups is 2. The molecule has 1 rings (SSSR count). The summed E-state index contributed by atoms with van der Waals surface area (Å²) in [7, 11) is 0. The van der Waals surface area contributed by atoms with Gasteiger partial charge in [-0.05, 0) is 30.0 Å². The second-order valence-electron chi connectivity index (χ2n) is 4.73. The SMILES string of the molecule is C[C@H](CCOC(=O)CS)[C@H](O)c1cccc(OCCO)c1. The molecule has 0 fully saturated rings. The van der Waals surface area contributed by atoms with Crippen LogP contribution in [0.3, 0.4) is 0 Å². The second-order valence-corrected chi connectivity index (χ2v) is 5.05. The first-order valence-corrected chi connectivity index (χ1v) is 7.50. The smallest absolute Gasteiger partial charge is 0.315 e. The molecular formula is C15H22O5S. The van der Waals surface area contributed by atoms with Gasteiger partial charge in [0.2, 0.25) is 0 Å². The Balaban J connectivity index is 2.52. The van der Waals surface area contributed by atoms with Crippen molar-refractivity contribution in [2.24, 2.45) is 5.92 Å². The van der Waals surface area contributed by atoms with E-state index in [0.717, 1.165) is 5.56 Å². The highest BCUT2D eigenvalue weighted by Gasteiger charge is 2.17. The van der Waals surface area contributed by atoms with Crippen molar-refractivity contribution >= 4 is 18.6 Å². The lowest BCUT2D eigenvalue weighted by molar-refractivity contribution is -0.141. The molecule has 0 saturated carbocycles. The van der Waals surface area contributed by atoms with Crippen molar-refractivity contribution in [3.05, 3.63) is 29.8 Å². The second kappa shape index (κ2) is 9.65. The van der Waals surface area contributed by atoms with Gasteiger partial charge in [-0.1, -0.05) is 19.1 Å². The Morgan fingerprint density at radius 2 is 2.14 bits per heavy atom. The third kappa shape index (κ3) is 6.37. The van der Waals surface area contributed by atoms with Gasteiger partial charge in [-0.25, -0.2) is 0 Å². The quantitative estimate of drug-likeness (QED) is 0.477. The molecule has 0 heterocycles. The van der Waals surface area contributed by atoms with Crippen LogP contribution in [0.1, 0.15) is 25.0 Å². The summed E-state index contributed by atoms with van der Waals surface area (Å²) in [6.45, 7) is 2.31. The molecule has 1 aromatic carbocycles. The van der Waals surface area contributed by atoms with Crippen molar-refractivity contribution in [3.8, 4) is 5.75 Å². The molecule has 0 saturated heterocycles. The van der Waals surface area contributed by atoms with Crippen LogP contribution >= 0.6 is 12.6 Å². The van der Waals surface area contributed by atoms with Crippen LogP contribution < -0.4 is 4.74 Å². The van der Waals surface area contributed by atoms with Gasteiger partial charge in [0.05, 0.1) is 25.1 Å². The number of aliphatic hydroxyl groups excluding tert-OH is 2. The van der Waals surface area contributed by atoms with Crippen LogP contribution in [0.2, 0.25) is 0 Å². The van der Waals surface area contributed by atoms with Crippen LogP contribution in [0.5, 0.6) is 5.75 Å². The fourth-order valence-electron chi connectivity index (χ4n) is 1.84. The van der Waals surface area contributed by atoms with Crippen LogP contribution in [0, 0.1) is 5.92 Å². The van der Waals surface area contributed by atoms with Gasteiger partial charge in [0, 0.05) is 0 Å². The number of ether oxygens (including phenoxy) is 2. The first kappa shape index (κ1) is 17.8. The first-order valence-electron chi connectivity index (χ1n) is 6.86. The molecule has 0 amide bonds. The van der Waals surface area contributed by atoms with Crippen molar-refractivity contribution in [1.82, 2.24) is 0 Å². The highest BCUT2D eigenvalue weighted by Crippen LogP contribution is 2.27. The average molecular weight is 314 g/mol. The predicted octanol–water partition coefficient (Wildman–Crippen LogP) is 1.59. The molecule has 0 unspecified atom stereocenters. The Kier molecular flexibility index (Phi) is 8.19. The Bertz CT molecular complexity index is 438. The topological polar surface area (TPSA) is 76.0 Å². The lowest BCUT2D eigenvalue weighted by Crippen LogP contribution is -2.14. The van der Waals surface area contributed by atoms with Crippen LogP contribution in [0.4, 0.5) is 0 Å². The summed E-state index contributed by atoms with van der Waals surface area (Å²) >= 11 is 3.82. The zero-order valence-electron chi connectivity index (χ0n) is 12.1. The molecule has 2 atom stereocenters. The minimum absolute atomic E-state index is 0.0559. The van der Waals surface area contributed by atoms with Gasteiger partial charge in [0.1, 0.15) is 12.4 Å². The molecule has 6 heteroatoms. The van der Waals surface area contributed by atoms with E-state index < -0.39 is 6.10 Å². The monoisotopic (exact) mass is 314 g/mol. The van der Waals surface area contributed by atoms with Crippen molar-refractivity contribution < 1.29 is 24.5 Å². The lowest BCUT2D eigenvalue weighted by Gasteiger charge is -2.19. The summed E-state index contributed by atoms with van der Waals surface area (Å²) in [5, 5.41) is 19.0. The third-order valence-corrected chi connectivity index (χ3v) is 3.32. The number of hydrogen-bond acceptors (Lipinski definition) is 6. The molecule has 0 aliphatic heterocycles. The van der Waals surface area contributed by atoms with Crippen LogP contribution in [-0.4, -0.2) is 41.8 Å². The Hall–Kier alpha value is -1.24. The van der Waals surface area contributed by atoms with Crippen molar-refractivity contribution in [2.45, 2.75) is 19.4 Å². The maximum absolute atomic E-state index is 11.0. The minimum atomic E-state index is -0.669. The molecule has 0 bridgehead atoms. The zero-order chi connectivity index (χ0) is 15.7. The number of rotatable bonds is 9. The molecule has 0 spiro atoms. The summed E-state index contributed by atoms with van der Waals surface area (Å²) < 4.78 is 10.3. The summed E-state index contributed by atoms with van der Waals surface area (Å²) in [6.07, 6.45) is -0.111. The maximum atomic E-state index is 11.0. The van der Waals surface area contributed by atoms with E-state index in [4.69, 9.17) is 14.6 Å².